The first-order chi connectivity index (χ1) is 9.65. The van der Waals surface area contributed by atoms with Gasteiger partial charge in [0.05, 0.1) is 0 Å². The summed E-state index contributed by atoms with van der Waals surface area (Å²) < 4.78 is 0.896. The molecule has 2 aromatic rings. The fourth-order valence-electron chi connectivity index (χ4n) is 2.53. The van der Waals surface area contributed by atoms with Crippen molar-refractivity contribution < 1.29 is 9.59 Å². The van der Waals surface area contributed by atoms with Crippen molar-refractivity contribution in [2.24, 2.45) is 0 Å². The first-order valence-corrected chi connectivity index (χ1v) is 8.20. The second-order valence-electron chi connectivity index (χ2n) is 4.63. The third-order valence-electron chi connectivity index (χ3n) is 3.45. The number of imide groups is 1. The SMILES string of the molecule is O=C1c2cccc3c(Br)ccc(c23)C(=O)N1CCCBr. The molecule has 3 rings (SSSR count). The molecule has 0 saturated carbocycles. The van der Waals surface area contributed by atoms with Gasteiger partial charge in [0.25, 0.3) is 11.8 Å². The van der Waals surface area contributed by atoms with Crippen LogP contribution in [0.15, 0.2) is 34.8 Å². The zero-order valence-corrected chi connectivity index (χ0v) is 13.7. The number of benzene rings is 2. The number of carbonyl (C=O) groups is 2. The highest BCUT2D eigenvalue weighted by molar-refractivity contribution is 9.10. The second kappa shape index (κ2) is 5.30. The molecule has 0 fully saturated rings. The van der Waals surface area contributed by atoms with Crippen LogP contribution in [0.2, 0.25) is 0 Å². The molecule has 0 unspecified atom stereocenters. The third-order valence-corrected chi connectivity index (χ3v) is 4.71. The molecule has 5 heteroatoms. The summed E-state index contributed by atoms with van der Waals surface area (Å²) in [5.41, 5.74) is 1.21. The average molecular weight is 397 g/mol. The van der Waals surface area contributed by atoms with Crippen molar-refractivity contribution in [3.05, 3.63) is 45.9 Å². The topological polar surface area (TPSA) is 37.4 Å². The molecule has 0 atom stereocenters. The largest absolute Gasteiger partial charge is 0.274 e. The quantitative estimate of drug-likeness (QED) is 0.581. The maximum Gasteiger partial charge on any atom is 0.261 e. The summed E-state index contributed by atoms with van der Waals surface area (Å²) in [5, 5.41) is 2.43. The van der Waals surface area contributed by atoms with Crippen LogP contribution in [0.4, 0.5) is 0 Å². The number of rotatable bonds is 3. The van der Waals surface area contributed by atoms with Gasteiger partial charge in [-0.15, -0.1) is 0 Å². The third kappa shape index (κ3) is 2.00. The van der Waals surface area contributed by atoms with Crippen molar-refractivity contribution in [3.63, 3.8) is 0 Å². The van der Waals surface area contributed by atoms with Crippen LogP contribution >= 0.6 is 31.9 Å². The molecule has 102 valence electrons. The summed E-state index contributed by atoms with van der Waals surface area (Å²) in [5.74, 6) is -0.403. The van der Waals surface area contributed by atoms with Crippen LogP contribution in [-0.4, -0.2) is 28.6 Å². The predicted molar refractivity (Wildman–Crippen MR) is 85.4 cm³/mol. The smallest absolute Gasteiger partial charge is 0.261 e. The minimum Gasteiger partial charge on any atom is -0.274 e. The van der Waals surface area contributed by atoms with Gasteiger partial charge >= 0.3 is 0 Å². The molecule has 0 aliphatic carbocycles. The maximum atomic E-state index is 12.5. The van der Waals surface area contributed by atoms with E-state index in [1.165, 1.54) is 4.90 Å². The molecule has 0 aromatic heterocycles. The van der Waals surface area contributed by atoms with Crippen molar-refractivity contribution in [1.82, 2.24) is 4.90 Å². The van der Waals surface area contributed by atoms with Crippen LogP contribution in [0, 0.1) is 0 Å². The molecule has 0 bridgehead atoms. The van der Waals surface area contributed by atoms with E-state index in [1.54, 1.807) is 12.1 Å². The van der Waals surface area contributed by atoms with E-state index in [-0.39, 0.29) is 11.8 Å². The van der Waals surface area contributed by atoms with Gasteiger partial charge < -0.3 is 0 Å². The van der Waals surface area contributed by atoms with E-state index in [2.05, 4.69) is 31.9 Å². The Labute approximate surface area is 133 Å². The molecule has 0 saturated heterocycles. The van der Waals surface area contributed by atoms with E-state index in [1.807, 2.05) is 18.2 Å². The Hall–Kier alpha value is -1.20. The van der Waals surface area contributed by atoms with Crippen molar-refractivity contribution in [3.8, 4) is 0 Å². The van der Waals surface area contributed by atoms with E-state index in [9.17, 15) is 9.59 Å². The van der Waals surface area contributed by atoms with Gasteiger partial charge in [-0.2, -0.15) is 0 Å². The molecule has 2 aromatic carbocycles. The van der Waals surface area contributed by atoms with Crippen LogP contribution in [0.5, 0.6) is 0 Å². The number of halogens is 2. The Balaban J connectivity index is 2.23. The standard InChI is InChI=1S/C15H11Br2NO2/c16-7-2-8-18-14(19)10-4-1-3-9-12(17)6-5-11(13(9)10)15(18)20/h1,3-6H,2,7-8H2. The number of amides is 2. The molecule has 0 N–H and O–H groups in total. The molecule has 1 aliphatic heterocycles. The van der Waals surface area contributed by atoms with Gasteiger partial charge in [-0.05, 0) is 30.0 Å². The molecular formula is C15H11Br2NO2. The fraction of sp³-hybridized carbons (Fsp3) is 0.200. The van der Waals surface area contributed by atoms with Crippen molar-refractivity contribution in [2.75, 3.05) is 11.9 Å². The highest BCUT2D eigenvalue weighted by Crippen LogP contribution is 2.34. The second-order valence-corrected chi connectivity index (χ2v) is 6.27. The van der Waals surface area contributed by atoms with Crippen LogP contribution in [0.1, 0.15) is 27.1 Å². The van der Waals surface area contributed by atoms with Crippen molar-refractivity contribution >= 4 is 54.4 Å². The summed E-state index contributed by atoms with van der Waals surface area (Å²) in [4.78, 5) is 26.4. The average Bonchev–Trinajstić information content (AvgIpc) is 2.46. The predicted octanol–water partition coefficient (Wildman–Crippen LogP) is 3.98. The normalized spacial score (nSPS) is 14.2. The van der Waals surface area contributed by atoms with Crippen LogP contribution in [0.25, 0.3) is 10.8 Å². The van der Waals surface area contributed by atoms with Gasteiger partial charge in [-0.3, -0.25) is 14.5 Å². The summed E-state index contributed by atoms with van der Waals surface area (Å²) >= 11 is 6.80. The lowest BCUT2D eigenvalue weighted by Gasteiger charge is -2.27. The Morgan fingerprint density at radius 3 is 2.40 bits per heavy atom. The number of hydrogen-bond acceptors (Lipinski definition) is 2. The highest BCUT2D eigenvalue weighted by Gasteiger charge is 2.32. The Kier molecular flexibility index (Phi) is 3.65. The minimum atomic E-state index is -0.202. The van der Waals surface area contributed by atoms with Gasteiger partial charge in [0.1, 0.15) is 0 Å². The Morgan fingerprint density at radius 1 is 1.00 bits per heavy atom. The van der Waals surface area contributed by atoms with Crippen LogP contribution in [-0.2, 0) is 0 Å². The zero-order chi connectivity index (χ0) is 14.3. The molecule has 20 heavy (non-hydrogen) atoms. The first-order valence-electron chi connectivity index (χ1n) is 6.28. The fourth-order valence-corrected chi connectivity index (χ4v) is 3.24. The number of nitrogens with zero attached hydrogens (tertiary/aromatic N) is 1. The van der Waals surface area contributed by atoms with Gasteiger partial charge in [0.2, 0.25) is 0 Å². The molecule has 2 amide bonds. The van der Waals surface area contributed by atoms with Crippen LogP contribution < -0.4 is 0 Å². The Morgan fingerprint density at radius 2 is 1.70 bits per heavy atom. The first kappa shape index (κ1) is 13.8. The minimum absolute atomic E-state index is 0.202. The molecule has 1 heterocycles. The van der Waals surface area contributed by atoms with Gasteiger partial charge in [0, 0.05) is 32.9 Å². The van der Waals surface area contributed by atoms with Crippen molar-refractivity contribution in [1.29, 1.82) is 0 Å². The number of hydrogen-bond donors (Lipinski definition) is 0. The summed E-state index contributed by atoms with van der Waals surface area (Å²) in [7, 11) is 0. The highest BCUT2D eigenvalue weighted by atomic mass is 79.9. The monoisotopic (exact) mass is 395 g/mol. The lowest BCUT2D eigenvalue weighted by Crippen LogP contribution is -2.41. The number of alkyl halides is 1. The van der Waals surface area contributed by atoms with Crippen molar-refractivity contribution in [2.45, 2.75) is 6.42 Å². The summed E-state index contributed by atoms with van der Waals surface area (Å²) in [6, 6.07) is 9.20. The molecule has 1 aliphatic rings. The lowest BCUT2D eigenvalue weighted by atomic mass is 9.94. The van der Waals surface area contributed by atoms with Crippen LogP contribution in [0.3, 0.4) is 0 Å². The van der Waals surface area contributed by atoms with E-state index in [4.69, 9.17) is 0 Å². The number of carbonyl (C=O) groups excluding carboxylic acids is 2. The van der Waals surface area contributed by atoms with Gasteiger partial charge in [-0.25, -0.2) is 0 Å². The Bertz CT molecular complexity index is 705. The molecule has 3 nitrogen and oxygen atoms in total. The van der Waals surface area contributed by atoms with E-state index >= 15 is 0 Å². The lowest BCUT2D eigenvalue weighted by molar-refractivity contribution is 0.0611. The van der Waals surface area contributed by atoms with E-state index in [0.717, 1.165) is 27.0 Å². The summed E-state index contributed by atoms with van der Waals surface area (Å²) in [6.07, 6.45) is 0.749. The van der Waals surface area contributed by atoms with Gasteiger partial charge in [0.15, 0.2) is 0 Å². The maximum absolute atomic E-state index is 12.5. The molecule has 0 spiro atoms. The molecule has 0 radical (unpaired) electrons. The van der Waals surface area contributed by atoms with E-state index in [0.29, 0.717) is 17.7 Å². The zero-order valence-electron chi connectivity index (χ0n) is 10.5. The summed E-state index contributed by atoms with van der Waals surface area (Å²) in [6.45, 7) is 0.439. The van der Waals surface area contributed by atoms with Gasteiger partial charge in [-0.1, -0.05) is 44.0 Å². The van der Waals surface area contributed by atoms with E-state index < -0.39 is 0 Å². The molecular weight excluding hydrogens is 386 g/mol.